The summed E-state index contributed by atoms with van der Waals surface area (Å²) in [5.74, 6) is 0. The zero-order chi connectivity index (χ0) is 7.41. The van der Waals surface area contributed by atoms with Gasteiger partial charge in [-0.15, -0.1) is 23.2 Å². The summed E-state index contributed by atoms with van der Waals surface area (Å²) < 4.78 is 0. The van der Waals surface area contributed by atoms with Crippen molar-refractivity contribution >= 4 is 23.2 Å². The highest BCUT2D eigenvalue weighted by molar-refractivity contribution is 6.40. The highest BCUT2D eigenvalue weighted by atomic mass is 35.5. The van der Waals surface area contributed by atoms with Crippen LogP contribution in [-0.4, -0.2) is 31.7 Å². The molecule has 2 nitrogen and oxygen atoms in total. The van der Waals surface area contributed by atoms with E-state index in [0.717, 1.165) is 7.11 Å². The summed E-state index contributed by atoms with van der Waals surface area (Å²) in [6.45, 7) is 0. The Kier molecular flexibility index (Phi) is 100. The van der Waals surface area contributed by atoms with Crippen molar-refractivity contribution in [3.05, 3.63) is 0 Å². The van der Waals surface area contributed by atoms with Gasteiger partial charge in [-0.1, -0.05) is 0 Å². The van der Waals surface area contributed by atoms with Gasteiger partial charge in [0.15, 0.2) is 0 Å². The predicted molar refractivity (Wildman–Crippen MR) is 39.7 cm³/mol. The van der Waals surface area contributed by atoms with Gasteiger partial charge >= 0.3 is 0 Å². The van der Waals surface area contributed by atoms with E-state index in [1.54, 1.807) is 0 Å². The maximum Gasteiger partial charge on any atom is 0.0967 e. The Morgan fingerprint density at radius 2 is 1.25 bits per heavy atom. The Balaban J connectivity index is -0.0000000483. The maximum absolute atomic E-state index is 7.00. The maximum atomic E-state index is 7.00. The Morgan fingerprint density at radius 1 is 1.25 bits per heavy atom. The molecule has 0 heterocycles. The molecule has 0 fully saturated rings. The number of hydrogen-bond acceptors (Lipinski definition) is 2. The van der Waals surface area contributed by atoms with Gasteiger partial charge in [-0.2, -0.15) is 0 Å². The molecule has 0 aromatic heterocycles. The summed E-state index contributed by atoms with van der Waals surface area (Å²) >= 11 is 9.53. The molecule has 0 aromatic rings. The van der Waals surface area contributed by atoms with Gasteiger partial charge in [0.2, 0.25) is 0 Å². The average Bonchev–Trinajstić information content (AvgIpc) is 1.75. The number of rotatable bonds is 0. The van der Waals surface area contributed by atoms with Crippen molar-refractivity contribution in [2.45, 2.75) is 0 Å². The van der Waals surface area contributed by atoms with E-state index in [2.05, 4.69) is 5.32 Å². The van der Waals surface area contributed by atoms with Crippen molar-refractivity contribution in [1.82, 2.24) is 5.32 Å². The predicted octanol–water partition coefficient (Wildman–Crippen LogP) is 0.866. The van der Waals surface area contributed by atoms with Crippen LogP contribution >= 0.6 is 23.2 Å². The normalized spacial score (nSPS) is 5.25. The van der Waals surface area contributed by atoms with Crippen LogP contribution in [-0.2, 0) is 0 Å². The van der Waals surface area contributed by atoms with Gasteiger partial charge in [0, 0.05) is 7.11 Å². The van der Waals surface area contributed by atoms with Crippen LogP contribution in [0.4, 0.5) is 0 Å². The summed E-state index contributed by atoms with van der Waals surface area (Å²) in [5, 5.41) is 9.94. The largest absolute Gasteiger partial charge is 0.400 e. The molecule has 0 unspecified atom stereocenters. The molecule has 0 saturated carbocycles. The smallest absolute Gasteiger partial charge is 0.0967 e. The van der Waals surface area contributed by atoms with Crippen LogP contribution in [0.2, 0.25) is 0 Å². The second kappa shape index (κ2) is 50.7. The van der Waals surface area contributed by atoms with Crippen molar-refractivity contribution in [2.24, 2.45) is 0 Å². The second-order valence-electron chi connectivity index (χ2n) is 0.601. The highest BCUT2D eigenvalue weighted by Crippen LogP contribution is 1.73. The van der Waals surface area contributed by atoms with Crippen LogP contribution in [0.15, 0.2) is 0 Å². The van der Waals surface area contributed by atoms with E-state index in [1.807, 2.05) is 14.1 Å². The molecule has 0 rings (SSSR count). The molecule has 0 amide bonds. The quantitative estimate of drug-likeness (QED) is 0.518. The van der Waals surface area contributed by atoms with Crippen molar-refractivity contribution in [3.8, 4) is 0 Å². The monoisotopic (exact) mass is 161 g/mol. The van der Waals surface area contributed by atoms with Crippen molar-refractivity contribution in [1.29, 1.82) is 0 Å². The molecule has 0 aliphatic heterocycles. The van der Waals surface area contributed by atoms with E-state index in [-0.39, 0.29) is 5.34 Å². The fraction of sp³-hybridized carbons (Fsp3) is 1.00. The molecule has 4 heteroatoms. The van der Waals surface area contributed by atoms with Crippen molar-refractivity contribution < 1.29 is 5.11 Å². The van der Waals surface area contributed by atoms with Gasteiger partial charge in [-0.05, 0) is 14.1 Å². The molecule has 0 spiro atoms. The first-order valence-electron chi connectivity index (χ1n) is 1.98. The molecular weight excluding hydrogens is 149 g/mol. The fourth-order valence-electron chi connectivity index (χ4n) is 0. The van der Waals surface area contributed by atoms with E-state index < -0.39 is 0 Å². The number of nitrogens with one attached hydrogen (secondary N) is 1. The molecule has 0 saturated heterocycles. The number of aliphatic hydroxyl groups excluding tert-OH is 1. The van der Waals surface area contributed by atoms with E-state index >= 15 is 0 Å². The summed E-state index contributed by atoms with van der Waals surface area (Å²) in [4.78, 5) is 0. The highest BCUT2D eigenvalue weighted by Gasteiger charge is 1.41. The van der Waals surface area contributed by atoms with Gasteiger partial charge in [-0.3, -0.25) is 0 Å². The van der Waals surface area contributed by atoms with Crippen LogP contribution in [0.1, 0.15) is 0 Å². The molecule has 0 aliphatic rings. The third-order valence-corrected chi connectivity index (χ3v) is 0. The molecule has 2 N–H and O–H groups in total. The zero-order valence-electron chi connectivity index (χ0n) is 5.41. The Morgan fingerprint density at radius 3 is 1.25 bits per heavy atom. The lowest BCUT2D eigenvalue weighted by molar-refractivity contribution is 0.399. The zero-order valence-corrected chi connectivity index (χ0v) is 6.92. The van der Waals surface area contributed by atoms with Gasteiger partial charge in [0.05, 0.1) is 5.34 Å². The van der Waals surface area contributed by atoms with E-state index in [1.165, 1.54) is 0 Å². The number of alkyl halides is 2. The minimum absolute atomic E-state index is 0.194. The molecule has 8 heavy (non-hydrogen) atoms. The minimum atomic E-state index is 0.194. The lowest BCUT2D eigenvalue weighted by Gasteiger charge is -1.59. The molecule has 0 aliphatic carbocycles. The first-order valence-corrected chi connectivity index (χ1v) is 3.05. The third kappa shape index (κ3) is 787. The molecule has 0 atom stereocenters. The number of aliphatic hydroxyl groups is 1. The summed E-state index contributed by atoms with van der Waals surface area (Å²) in [7, 11) is 4.75. The van der Waals surface area contributed by atoms with E-state index in [9.17, 15) is 0 Å². The lowest BCUT2D eigenvalue weighted by atomic mass is 11.3. The Labute approximate surface area is 60.8 Å². The van der Waals surface area contributed by atoms with E-state index in [0.29, 0.717) is 0 Å². The van der Waals surface area contributed by atoms with E-state index in [4.69, 9.17) is 28.3 Å². The van der Waals surface area contributed by atoms with Gasteiger partial charge in [-0.25, -0.2) is 0 Å². The summed E-state index contributed by atoms with van der Waals surface area (Å²) in [5.41, 5.74) is 0. The first-order chi connectivity index (χ1) is 3.83. The summed E-state index contributed by atoms with van der Waals surface area (Å²) in [6, 6.07) is 0. The Hall–Kier alpha value is 0.500. The topological polar surface area (TPSA) is 32.3 Å². The Bertz CT molecular complexity index is 16.0. The van der Waals surface area contributed by atoms with Crippen LogP contribution in [0, 0.1) is 0 Å². The van der Waals surface area contributed by atoms with Gasteiger partial charge < -0.3 is 10.4 Å². The molecule has 0 aromatic carbocycles. The minimum Gasteiger partial charge on any atom is -0.400 e. The first kappa shape index (κ1) is 15.8. The lowest BCUT2D eigenvalue weighted by Crippen LogP contribution is -1.89. The van der Waals surface area contributed by atoms with Crippen LogP contribution < -0.4 is 5.32 Å². The van der Waals surface area contributed by atoms with Crippen LogP contribution in [0.3, 0.4) is 0 Å². The number of halogens is 2. The van der Waals surface area contributed by atoms with Gasteiger partial charge in [0.1, 0.15) is 0 Å². The van der Waals surface area contributed by atoms with Gasteiger partial charge in [0.25, 0.3) is 0 Å². The molecule has 0 radical (unpaired) electrons. The van der Waals surface area contributed by atoms with Crippen LogP contribution in [0.25, 0.3) is 0 Å². The summed E-state index contributed by atoms with van der Waals surface area (Å²) in [6.07, 6.45) is 0. The molecular formula is C4H13Cl2NO. The third-order valence-electron chi connectivity index (χ3n) is 0. The fourth-order valence-corrected chi connectivity index (χ4v) is 0. The molecule has 54 valence electrons. The van der Waals surface area contributed by atoms with Crippen molar-refractivity contribution in [2.75, 3.05) is 26.5 Å². The average molecular weight is 162 g/mol. The van der Waals surface area contributed by atoms with Crippen LogP contribution in [0.5, 0.6) is 0 Å². The van der Waals surface area contributed by atoms with Crippen molar-refractivity contribution in [3.63, 3.8) is 0 Å². The second-order valence-corrected chi connectivity index (χ2v) is 1.41. The number of hydrogen-bond donors (Lipinski definition) is 2. The standard InChI is InChI=1S/C2H7N.CH2Cl2.CH4O/c1-3-2;2-1-3;1-2/h3H,1-2H3;1H2;2H,1H3. The molecule has 0 bridgehead atoms. The SMILES string of the molecule is CNC.CO.ClCCl.